The third-order valence-corrected chi connectivity index (χ3v) is 2.31. The van der Waals surface area contributed by atoms with Gasteiger partial charge in [-0.3, -0.25) is 0 Å². The van der Waals surface area contributed by atoms with Gasteiger partial charge in [0.05, 0.1) is 6.54 Å². The van der Waals surface area contributed by atoms with Crippen molar-refractivity contribution in [3.63, 3.8) is 0 Å². The average molecular weight is 238 g/mol. The first-order chi connectivity index (χ1) is 8.16. The maximum Gasteiger partial charge on any atom is 0.265 e. The number of nitrogens with two attached hydrogens (primary N) is 1. The smallest absolute Gasteiger partial charge is 0.265 e. The van der Waals surface area contributed by atoms with Crippen molar-refractivity contribution < 1.29 is 8.78 Å². The Morgan fingerprint density at radius 1 is 1.41 bits per heavy atom. The molecule has 0 aliphatic rings. The predicted octanol–water partition coefficient (Wildman–Crippen LogP) is 2.54. The van der Waals surface area contributed by atoms with Gasteiger partial charge in [-0.25, -0.2) is 13.8 Å². The fraction of sp³-hybridized carbons (Fsp3) is 0.182. The largest absolute Gasteiger partial charge is 0.399 e. The quantitative estimate of drug-likeness (QED) is 0.717. The van der Waals surface area contributed by atoms with Crippen LogP contribution >= 0.6 is 0 Å². The number of rotatable bonds is 4. The molecule has 1 aromatic heterocycles. The number of imidazole rings is 1. The Morgan fingerprint density at radius 2 is 2.24 bits per heavy atom. The van der Waals surface area contributed by atoms with Gasteiger partial charge in [0.1, 0.15) is 5.82 Å². The number of halogens is 2. The van der Waals surface area contributed by atoms with Crippen molar-refractivity contribution in [3.8, 4) is 0 Å². The highest BCUT2D eigenvalue weighted by Crippen LogP contribution is 2.29. The van der Waals surface area contributed by atoms with Crippen molar-refractivity contribution in [3.05, 3.63) is 42.0 Å². The van der Waals surface area contributed by atoms with Crippen molar-refractivity contribution in [2.24, 2.45) is 0 Å². The summed E-state index contributed by atoms with van der Waals surface area (Å²) in [5, 5.41) is 2.89. The summed E-state index contributed by atoms with van der Waals surface area (Å²) in [5.74, 6) is 0.682. The van der Waals surface area contributed by atoms with E-state index in [0.717, 1.165) is 0 Å². The number of hydrogen-bond donors (Lipinski definition) is 3. The third kappa shape index (κ3) is 2.72. The molecule has 2 rings (SSSR count). The molecule has 0 aliphatic heterocycles. The SMILES string of the molecule is Nc1ccc(NCc2ncc[nH]2)c(C(F)F)c1. The molecule has 0 amide bonds. The van der Waals surface area contributed by atoms with Crippen molar-refractivity contribution in [2.75, 3.05) is 11.1 Å². The molecule has 90 valence electrons. The number of hydrogen-bond acceptors (Lipinski definition) is 3. The Bertz CT molecular complexity index is 482. The van der Waals surface area contributed by atoms with Crippen LogP contribution in [0.1, 0.15) is 17.8 Å². The number of nitrogen functional groups attached to an aromatic ring is 1. The molecule has 0 bridgehead atoms. The zero-order valence-electron chi connectivity index (χ0n) is 8.95. The van der Waals surface area contributed by atoms with Gasteiger partial charge in [-0.2, -0.15) is 0 Å². The molecule has 0 saturated carbocycles. The van der Waals surface area contributed by atoms with Gasteiger partial charge in [-0.1, -0.05) is 0 Å². The van der Waals surface area contributed by atoms with E-state index in [9.17, 15) is 8.78 Å². The zero-order valence-corrected chi connectivity index (χ0v) is 8.95. The van der Waals surface area contributed by atoms with E-state index in [0.29, 0.717) is 23.7 Å². The predicted molar refractivity (Wildman–Crippen MR) is 61.7 cm³/mol. The van der Waals surface area contributed by atoms with Crippen LogP contribution in [0.2, 0.25) is 0 Å². The highest BCUT2D eigenvalue weighted by molar-refractivity contribution is 5.58. The Kier molecular flexibility index (Phi) is 3.22. The minimum Gasteiger partial charge on any atom is -0.399 e. The van der Waals surface area contributed by atoms with Crippen LogP contribution in [0.5, 0.6) is 0 Å². The highest BCUT2D eigenvalue weighted by atomic mass is 19.3. The second-order valence-corrected chi connectivity index (χ2v) is 3.54. The molecular weight excluding hydrogens is 226 g/mol. The summed E-state index contributed by atoms with van der Waals surface area (Å²) in [7, 11) is 0. The summed E-state index contributed by atoms with van der Waals surface area (Å²) in [6.45, 7) is 0.358. The molecule has 1 heterocycles. The van der Waals surface area contributed by atoms with Gasteiger partial charge in [0, 0.05) is 29.3 Å². The molecule has 4 N–H and O–H groups in total. The summed E-state index contributed by atoms with van der Waals surface area (Å²) in [5.41, 5.74) is 6.07. The molecule has 2 aromatic rings. The number of aromatic amines is 1. The molecule has 0 spiro atoms. The molecule has 17 heavy (non-hydrogen) atoms. The third-order valence-electron chi connectivity index (χ3n) is 2.31. The van der Waals surface area contributed by atoms with Crippen LogP contribution in [0.25, 0.3) is 0 Å². The number of benzene rings is 1. The molecule has 0 atom stereocenters. The summed E-state index contributed by atoms with van der Waals surface area (Å²) in [6, 6.07) is 4.39. The van der Waals surface area contributed by atoms with Gasteiger partial charge in [0.25, 0.3) is 6.43 Å². The molecule has 0 fully saturated rings. The lowest BCUT2D eigenvalue weighted by molar-refractivity contribution is 0.152. The van der Waals surface area contributed by atoms with Gasteiger partial charge < -0.3 is 16.0 Å². The van der Waals surface area contributed by atoms with Gasteiger partial charge in [-0.05, 0) is 18.2 Å². The van der Waals surface area contributed by atoms with Gasteiger partial charge in [-0.15, -0.1) is 0 Å². The van der Waals surface area contributed by atoms with Gasteiger partial charge in [0.15, 0.2) is 0 Å². The maximum absolute atomic E-state index is 12.8. The van der Waals surface area contributed by atoms with Crippen LogP contribution < -0.4 is 11.1 Å². The molecule has 1 aromatic carbocycles. The Balaban J connectivity index is 2.14. The first-order valence-corrected chi connectivity index (χ1v) is 5.06. The second-order valence-electron chi connectivity index (χ2n) is 3.54. The summed E-state index contributed by atoms with van der Waals surface area (Å²) in [6.07, 6.45) is 0.722. The lowest BCUT2D eigenvalue weighted by Gasteiger charge is -2.11. The maximum atomic E-state index is 12.8. The number of anilines is 2. The van der Waals surface area contributed by atoms with Crippen molar-refractivity contribution >= 4 is 11.4 Å². The molecule has 0 unspecified atom stereocenters. The lowest BCUT2D eigenvalue weighted by atomic mass is 10.1. The zero-order chi connectivity index (χ0) is 12.3. The van der Waals surface area contributed by atoms with E-state index in [1.54, 1.807) is 24.5 Å². The van der Waals surface area contributed by atoms with E-state index in [1.807, 2.05) is 0 Å². The van der Waals surface area contributed by atoms with Crippen LogP contribution in [0.3, 0.4) is 0 Å². The number of nitrogens with zero attached hydrogens (tertiary/aromatic N) is 1. The van der Waals surface area contributed by atoms with Crippen LogP contribution in [0.15, 0.2) is 30.6 Å². The Morgan fingerprint density at radius 3 is 2.88 bits per heavy atom. The van der Waals surface area contributed by atoms with Crippen molar-refractivity contribution in [1.82, 2.24) is 9.97 Å². The van der Waals surface area contributed by atoms with E-state index < -0.39 is 6.43 Å². The minimum atomic E-state index is -2.56. The summed E-state index contributed by atoms with van der Waals surface area (Å²) in [4.78, 5) is 6.87. The molecule has 0 saturated heterocycles. The van der Waals surface area contributed by atoms with Crippen LogP contribution in [0.4, 0.5) is 20.2 Å². The summed E-state index contributed by atoms with van der Waals surface area (Å²) < 4.78 is 25.5. The Hall–Kier alpha value is -2.11. The van der Waals surface area contributed by atoms with Crippen molar-refractivity contribution in [2.45, 2.75) is 13.0 Å². The molecule has 0 aliphatic carbocycles. The van der Waals surface area contributed by atoms with E-state index in [4.69, 9.17) is 5.73 Å². The van der Waals surface area contributed by atoms with Crippen molar-refractivity contribution in [1.29, 1.82) is 0 Å². The molecule has 6 heteroatoms. The highest BCUT2D eigenvalue weighted by Gasteiger charge is 2.13. The first kappa shape index (κ1) is 11.4. The molecule has 4 nitrogen and oxygen atoms in total. The van der Waals surface area contributed by atoms with E-state index in [-0.39, 0.29) is 5.56 Å². The van der Waals surface area contributed by atoms with Gasteiger partial charge in [0.2, 0.25) is 0 Å². The summed E-state index contributed by atoms with van der Waals surface area (Å²) >= 11 is 0. The van der Waals surface area contributed by atoms with E-state index in [1.165, 1.54) is 6.07 Å². The first-order valence-electron chi connectivity index (χ1n) is 5.06. The molecular formula is C11H12F2N4. The Labute approximate surface area is 96.9 Å². The fourth-order valence-corrected chi connectivity index (χ4v) is 1.50. The molecule has 0 radical (unpaired) electrons. The normalized spacial score (nSPS) is 10.8. The second kappa shape index (κ2) is 4.82. The number of aromatic nitrogens is 2. The minimum absolute atomic E-state index is 0.100. The lowest BCUT2D eigenvalue weighted by Crippen LogP contribution is -2.04. The van der Waals surface area contributed by atoms with Gasteiger partial charge >= 0.3 is 0 Å². The van der Waals surface area contributed by atoms with E-state index >= 15 is 0 Å². The standard InChI is InChI=1S/C11H12F2N4/c12-11(13)8-5-7(14)1-2-9(8)17-6-10-15-3-4-16-10/h1-5,11,17H,6,14H2,(H,15,16). The monoisotopic (exact) mass is 238 g/mol. The number of alkyl halides is 2. The fourth-order valence-electron chi connectivity index (χ4n) is 1.50. The van der Waals surface area contributed by atoms with E-state index in [2.05, 4.69) is 15.3 Å². The number of nitrogens with one attached hydrogen (secondary N) is 2. The number of H-pyrrole nitrogens is 1. The van der Waals surface area contributed by atoms with Crippen LogP contribution in [-0.4, -0.2) is 9.97 Å². The topological polar surface area (TPSA) is 66.7 Å². The van der Waals surface area contributed by atoms with Crippen LogP contribution in [0, 0.1) is 0 Å². The average Bonchev–Trinajstić information content (AvgIpc) is 2.80. The van der Waals surface area contributed by atoms with Crippen LogP contribution in [-0.2, 0) is 6.54 Å².